The molecule has 10 nitrogen and oxygen atoms in total. The van der Waals surface area contributed by atoms with E-state index in [1.54, 1.807) is 24.3 Å². The molecular weight excluding hydrogens is 529 g/mol. The summed E-state index contributed by atoms with van der Waals surface area (Å²) >= 11 is 5.79. The second kappa shape index (κ2) is 11.7. The topological polar surface area (TPSA) is 151 Å². The predicted octanol–water partition coefficient (Wildman–Crippen LogP) is 4.34. The Hall–Kier alpha value is -4.16. The fourth-order valence-corrected chi connectivity index (χ4v) is 4.08. The van der Waals surface area contributed by atoms with Gasteiger partial charge in [-0.15, -0.1) is 3.89 Å². The molecule has 3 aromatic carbocycles. The Morgan fingerprint density at radius 1 is 1.00 bits per heavy atom. The monoisotopic (exact) mass is 549 g/mol. The molecule has 0 unspecified atom stereocenters. The third-order valence-corrected chi connectivity index (χ3v) is 6.11. The number of amides is 3. The number of halogens is 2. The van der Waals surface area contributed by atoms with Crippen molar-refractivity contribution in [2.75, 3.05) is 17.2 Å². The number of urea groups is 1. The molecule has 0 saturated carbocycles. The van der Waals surface area contributed by atoms with Crippen LogP contribution in [-0.4, -0.2) is 38.0 Å². The smallest absolute Gasteiger partial charge is 0.339 e. The first kappa shape index (κ1) is 27.4. The van der Waals surface area contributed by atoms with E-state index in [0.29, 0.717) is 11.3 Å². The molecule has 0 aliphatic carbocycles. The molecule has 0 aliphatic rings. The zero-order valence-electron chi connectivity index (χ0n) is 19.2. The maximum Gasteiger partial charge on any atom is 0.339 e. The van der Waals surface area contributed by atoms with Gasteiger partial charge in [-0.05, 0) is 60.5 Å². The number of carboxylic acids is 1. The van der Waals surface area contributed by atoms with Crippen LogP contribution < -0.4 is 20.7 Å². The minimum absolute atomic E-state index is 0.00549. The summed E-state index contributed by atoms with van der Waals surface area (Å²) in [5.74, 6) is -1.77. The summed E-state index contributed by atoms with van der Waals surface area (Å²) < 4.78 is 41.2. The van der Waals surface area contributed by atoms with E-state index < -0.39 is 39.6 Å². The largest absolute Gasteiger partial charge is 0.483 e. The lowest BCUT2D eigenvalue weighted by atomic mass is 10.2. The number of hydrogen-bond donors (Lipinski definition) is 4. The van der Waals surface area contributed by atoms with Crippen LogP contribution in [0.1, 0.15) is 21.5 Å². The molecule has 0 aromatic heterocycles. The van der Waals surface area contributed by atoms with Gasteiger partial charge in [-0.1, -0.05) is 29.8 Å². The summed E-state index contributed by atoms with van der Waals surface area (Å²) in [7, 11) is -4.94. The maximum atomic E-state index is 13.4. The number of carboxylic acid groups (broad SMARTS) is 1. The van der Waals surface area contributed by atoms with Crippen molar-refractivity contribution in [1.29, 1.82) is 0 Å². The van der Waals surface area contributed by atoms with Crippen LogP contribution in [-0.2, 0) is 21.6 Å². The summed E-state index contributed by atoms with van der Waals surface area (Å²) in [4.78, 5) is 35.2. The predicted molar refractivity (Wildman–Crippen MR) is 134 cm³/mol. The van der Waals surface area contributed by atoms with Crippen LogP contribution in [0.5, 0.6) is 5.75 Å². The van der Waals surface area contributed by atoms with Gasteiger partial charge < -0.3 is 25.8 Å². The molecule has 37 heavy (non-hydrogen) atoms. The summed E-state index contributed by atoms with van der Waals surface area (Å²) in [5, 5.41) is 17.0. The molecule has 0 radical (unpaired) electrons. The molecule has 3 aromatic rings. The van der Waals surface area contributed by atoms with E-state index in [1.807, 2.05) is 0 Å². The summed E-state index contributed by atoms with van der Waals surface area (Å²) in [6.07, 6.45) is 0. The highest BCUT2D eigenvalue weighted by Gasteiger charge is 2.17. The fraction of sp³-hybridized carbons (Fsp3) is 0.125. The Bertz CT molecular complexity index is 1460. The highest BCUT2D eigenvalue weighted by molar-refractivity contribution is 7.86. The van der Waals surface area contributed by atoms with Gasteiger partial charge in [0.15, 0.2) is 6.61 Å². The summed E-state index contributed by atoms with van der Waals surface area (Å²) in [6, 6.07) is 13.6. The number of hydrogen-bond acceptors (Lipinski definition) is 6. The van der Waals surface area contributed by atoms with Crippen LogP contribution >= 0.6 is 11.6 Å². The van der Waals surface area contributed by atoms with Crippen molar-refractivity contribution in [2.45, 2.75) is 18.4 Å². The molecule has 0 saturated heterocycles. The number of aromatic carboxylic acids is 1. The Morgan fingerprint density at radius 3 is 2.38 bits per heavy atom. The van der Waals surface area contributed by atoms with Gasteiger partial charge in [-0.2, -0.15) is 8.42 Å². The molecule has 0 aliphatic heterocycles. The van der Waals surface area contributed by atoms with Gasteiger partial charge in [-0.25, -0.2) is 9.59 Å². The summed E-state index contributed by atoms with van der Waals surface area (Å²) in [5.41, 5.74) is 1.10. The van der Waals surface area contributed by atoms with E-state index in [1.165, 1.54) is 37.3 Å². The van der Waals surface area contributed by atoms with E-state index in [2.05, 4.69) is 16.0 Å². The first-order chi connectivity index (χ1) is 17.4. The van der Waals surface area contributed by atoms with Crippen molar-refractivity contribution in [3.8, 4) is 5.75 Å². The first-order valence-electron chi connectivity index (χ1n) is 10.6. The van der Waals surface area contributed by atoms with Gasteiger partial charge in [0.05, 0.1) is 0 Å². The van der Waals surface area contributed by atoms with Gasteiger partial charge in [-0.3, -0.25) is 4.79 Å². The van der Waals surface area contributed by atoms with Crippen LogP contribution in [0.15, 0.2) is 65.6 Å². The van der Waals surface area contributed by atoms with Crippen LogP contribution in [0.25, 0.3) is 0 Å². The van der Waals surface area contributed by atoms with Crippen LogP contribution in [0.3, 0.4) is 0 Å². The highest BCUT2D eigenvalue weighted by Crippen LogP contribution is 2.23. The molecule has 3 rings (SSSR count). The standard InChI is InChI=1S/C24H21ClFN3O7S/c1-14-5-7-18(11-21(14)37(26,34)35)29-24(33)28-17-4-2-3-15(9-17)12-27-22(30)13-36-20-8-6-16(25)10-19(20)23(31)32/h2-11H,12-13H2,1H3,(H,27,30)(H,31,32)(H2,28,29,33). The van der Waals surface area contributed by atoms with Crippen molar-refractivity contribution in [1.82, 2.24) is 5.32 Å². The molecule has 3 amide bonds. The number of anilines is 2. The van der Waals surface area contributed by atoms with Crippen LogP contribution in [0.2, 0.25) is 5.02 Å². The zero-order valence-corrected chi connectivity index (χ0v) is 20.8. The number of rotatable bonds is 9. The number of carbonyl (C=O) groups is 3. The zero-order chi connectivity index (χ0) is 27.2. The van der Waals surface area contributed by atoms with Crippen molar-refractivity contribution in [3.05, 3.63) is 82.4 Å². The van der Waals surface area contributed by atoms with Crippen LogP contribution in [0.4, 0.5) is 20.1 Å². The van der Waals surface area contributed by atoms with Gasteiger partial charge in [0.25, 0.3) is 5.91 Å². The lowest BCUT2D eigenvalue weighted by Crippen LogP contribution is -2.28. The normalized spacial score (nSPS) is 10.9. The second-order valence-corrected chi connectivity index (χ2v) is 9.46. The number of ether oxygens (including phenoxy) is 1. The van der Waals surface area contributed by atoms with E-state index in [-0.39, 0.29) is 34.1 Å². The Balaban J connectivity index is 1.55. The SMILES string of the molecule is Cc1ccc(NC(=O)Nc2cccc(CNC(=O)COc3ccc(Cl)cc3C(=O)O)c2)cc1S(=O)(=O)F. The number of benzene rings is 3. The van der Waals surface area contributed by atoms with E-state index in [0.717, 1.165) is 6.07 Å². The lowest BCUT2D eigenvalue weighted by molar-refractivity contribution is -0.123. The minimum Gasteiger partial charge on any atom is -0.483 e. The fourth-order valence-electron chi connectivity index (χ4n) is 3.18. The van der Waals surface area contributed by atoms with Crippen molar-refractivity contribution in [2.24, 2.45) is 0 Å². The first-order valence-corrected chi connectivity index (χ1v) is 12.3. The molecule has 4 N–H and O–H groups in total. The molecule has 194 valence electrons. The average Bonchev–Trinajstić information content (AvgIpc) is 2.82. The van der Waals surface area contributed by atoms with Crippen molar-refractivity contribution in [3.63, 3.8) is 0 Å². The van der Waals surface area contributed by atoms with Crippen molar-refractivity contribution < 1.29 is 36.5 Å². The van der Waals surface area contributed by atoms with E-state index in [4.69, 9.17) is 16.3 Å². The minimum atomic E-state index is -4.94. The van der Waals surface area contributed by atoms with E-state index >= 15 is 0 Å². The Morgan fingerprint density at radius 2 is 1.70 bits per heavy atom. The maximum absolute atomic E-state index is 13.4. The quantitative estimate of drug-likeness (QED) is 0.290. The van der Waals surface area contributed by atoms with Crippen LogP contribution in [0, 0.1) is 6.92 Å². The number of carbonyl (C=O) groups excluding carboxylic acids is 2. The van der Waals surface area contributed by atoms with Gasteiger partial charge in [0.2, 0.25) is 0 Å². The van der Waals surface area contributed by atoms with E-state index in [9.17, 15) is 31.8 Å². The van der Waals surface area contributed by atoms with Gasteiger partial charge in [0, 0.05) is 22.9 Å². The van der Waals surface area contributed by atoms with Gasteiger partial charge >= 0.3 is 22.2 Å². The number of nitrogens with one attached hydrogen (secondary N) is 3. The average molecular weight is 550 g/mol. The highest BCUT2D eigenvalue weighted by atomic mass is 35.5. The Labute approximate surface area is 216 Å². The Kier molecular flexibility index (Phi) is 8.69. The summed E-state index contributed by atoms with van der Waals surface area (Å²) in [6.45, 7) is 1.08. The lowest BCUT2D eigenvalue weighted by Gasteiger charge is -2.12. The van der Waals surface area contributed by atoms with Gasteiger partial charge in [0.1, 0.15) is 16.2 Å². The third-order valence-electron chi connectivity index (χ3n) is 4.91. The molecule has 0 bridgehead atoms. The second-order valence-electron chi connectivity index (χ2n) is 7.71. The number of aryl methyl sites for hydroxylation is 1. The molecule has 0 spiro atoms. The molecular formula is C24H21ClFN3O7S. The van der Waals surface area contributed by atoms with Crippen molar-refractivity contribution >= 4 is 51.1 Å². The molecule has 0 fully saturated rings. The third kappa shape index (κ3) is 7.92. The molecule has 0 heterocycles. The molecule has 0 atom stereocenters. The molecule has 13 heteroatoms.